The quantitative estimate of drug-likeness (QED) is 0.468. The predicted molar refractivity (Wildman–Crippen MR) is 130 cm³/mol. The van der Waals surface area contributed by atoms with Crippen molar-refractivity contribution in [3.05, 3.63) is 77.9 Å². The number of aromatic nitrogens is 3. The van der Waals surface area contributed by atoms with E-state index >= 15 is 0 Å². The number of rotatable bonds is 4. The Hall–Kier alpha value is -4.34. The van der Waals surface area contributed by atoms with Gasteiger partial charge in [0.15, 0.2) is 5.82 Å². The Kier molecular flexibility index (Phi) is 6.09. The van der Waals surface area contributed by atoms with Gasteiger partial charge in [-0.3, -0.25) is 0 Å². The molecule has 1 fully saturated rings. The van der Waals surface area contributed by atoms with Gasteiger partial charge in [-0.25, -0.2) is 23.5 Å². The van der Waals surface area contributed by atoms with Crippen LogP contribution in [0.4, 0.5) is 25.3 Å². The lowest BCUT2D eigenvalue weighted by Gasteiger charge is -2.35. The van der Waals surface area contributed by atoms with E-state index < -0.39 is 0 Å². The van der Waals surface area contributed by atoms with Crippen LogP contribution in [0.1, 0.15) is 5.56 Å². The monoisotopic (exact) mass is 475 g/mol. The van der Waals surface area contributed by atoms with E-state index in [-0.39, 0.29) is 23.6 Å². The fraction of sp³-hybridized carbons (Fsp3) is 0.200. The number of halogens is 2. The summed E-state index contributed by atoms with van der Waals surface area (Å²) in [5, 5.41) is 2.87. The third kappa shape index (κ3) is 4.96. The fourth-order valence-corrected chi connectivity index (χ4v) is 4.03. The van der Waals surface area contributed by atoms with Gasteiger partial charge in [0.25, 0.3) is 0 Å². The number of anilines is 2. The summed E-state index contributed by atoms with van der Waals surface area (Å²) in [6.07, 6.45) is 0. The predicted octanol–water partition coefficient (Wildman–Crippen LogP) is 3.58. The molecule has 8 nitrogen and oxygen atoms in total. The van der Waals surface area contributed by atoms with Crippen molar-refractivity contribution in [3.8, 4) is 11.3 Å². The van der Waals surface area contributed by atoms with Crippen LogP contribution in [0.25, 0.3) is 22.3 Å². The van der Waals surface area contributed by atoms with Gasteiger partial charge in [-0.15, -0.1) is 0 Å². The lowest BCUT2D eigenvalue weighted by Crippen LogP contribution is -2.52. The van der Waals surface area contributed by atoms with Crippen molar-refractivity contribution < 1.29 is 13.6 Å². The zero-order valence-electron chi connectivity index (χ0n) is 18.8. The highest BCUT2D eigenvalue weighted by atomic mass is 19.1. The van der Waals surface area contributed by atoms with E-state index in [4.69, 9.17) is 10.7 Å². The van der Waals surface area contributed by atoms with Gasteiger partial charge in [-0.05, 0) is 54.1 Å². The molecule has 35 heavy (non-hydrogen) atoms. The molecule has 0 spiro atoms. The lowest BCUT2D eigenvalue weighted by atomic mass is 10.1. The molecule has 4 aromatic rings. The number of carbonyl (C=O) groups is 1. The molecule has 178 valence electrons. The van der Waals surface area contributed by atoms with Gasteiger partial charge in [0.2, 0.25) is 5.95 Å². The summed E-state index contributed by atoms with van der Waals surface area (Å²) in [6.45, 7) is 2.37. The van der Waals surface area contributed by atoms with Crippen LogP contribution in [0.2, 0.25) is 0 Å². The number of carbonyl (C=O) groups excluding carboxylic acids is 1. The number of nitrogens with one attached hydrogen (secondary N) is 1. The minimum Gasteiger partial charge on any atom is -0.368 e. The summed E-state index contributed by atoms with van der Waals surface area (Å²) in [5.74, 6) is 0.116. The molecule has 5 rings (SSSR count). The maximum Gasteiger partial charge on any atom is 0.317 e. The van der Waals surface area contributed by atoms with Gasteiger partial charge in [-0.2, -0.15) is 4.98 Å². The van der Waals surface area contributed by atoms with E-state index in [1.54, 1.807) is 29.2 Å². The standard InChI is InChI=1S/C25H23F2N7O/c26-18-5-1-16(2-6-18)15-29-25(35)34-13-11-33(12-14-34)23-22-21(31-24(28)32-23)10-9-20(30-22)17-3-7-19(27)8-4-17/h1-10H,11-15H2,(H,29,35)(H2,28,31,32). The second-order valence-corrected chi connectivity index (χ2v) is 8.24. The SMILES string of the molecule is Nc1nc(N2CCN(C(=O)NCc3ccc(F)cc3)CC2)c2nc(-c3ccc(F)cc3)ccc2n1. The first-order valence-corrected chi connectivity index (χ1v) is 11.2. The molecular formula is C25H23F2N7O. The number of urea groups is 1. The Morgan fingerprint density at radius 3 is 2.20 bits per heavy atom. The topological polar surface area (TPSA) is 100 Å². The smallest absolute Gasteiger partial charge is 0.317 e. The number of nitrogen functional groups attached to an aromatic ring is 1. The van der Waals surface area contributed by atoms with Crippen LogP contribution in [0.15, 0.2) is 60.7 Å². The van der Waals surface area contributed by atoms with Crippen LogP contribution < -0.4 is 16.0 Å². The van der Waals surface area contributed by atoms with Crippen molar-refractivity contribution in [3.63, 3.8) is 0 Å². The van der Waals surface area contributed by atoms with E-state index in [1.165, 1.54) is 24.3 Å². The van der Waals surface area contributed by atoms with Crippen molar-refractivity contribution in [2.45, 2.75) is 6.54 Å². The molecule has 3 N–H and O–H groups in total. The molecule has 0 aliphatic carbocycles. The average Bonchev–Trinajstić information content (AvgIpc) is 2.88. The number of pyridine rings is 1. The molecule has 1 saturated heterocycles. The van der Waals surface area contributed by atoms with Crippen molar-refractivity contribution >= 4 is 28.8 Å². The van der Waals surface area contributed by atoms with E-state index in [0.717, 1.165) is 11.1 Å². The zero-order chi connectivity index (χ0) is 24.4. The lowest BCUT2D eigenvalue weighted by molar-refractivity contribution is 0.194. The van der Waals surface area contributed by atoms with E-state index in [1.807, 2.05) is 17.0 Å². The molecule has 1 aliphatic rings. The number of benzene rings is 2. The Bertz CT molecular complexity index is 1360. The Morgan fingerprint density at radius 1 is 0.857 bits per heavy atom. The van der Waals surface area contributed by atoms with Gasteiger partial charge < -0.3 is 20.9 Å². The highest BCUT2D eigenvalue weighted by Gasteiger charge is 2.24. The van der Waals surface area contributed by atoms with Gasteiger partial charge >= 0.3 is 6.03 Å². The number of amides is 2. The van der Waals surface area contributed by atoms with E-state index in [9.17, 15) is 13.6 Å². The second kappa shape index (κ2) is 9.49. The molecule has 2 aromatic carbocycles. The first-order chi connectivity index (χ1) is 17.0. The number of piperazine rings is 1. The molecule has 0 radical (unpaired) electrons. The van der Waals surface area contributed by atoms with Crippen LogP contribution in [0, 0.1) is 11.6 Å². The highest BCUT2D eigenvalue weighted by molar-refractivity contribution is 5.88. The highest BCUT2D eigenvalue weighted by Crippen LogP contribution is 2.27. The molecule has 10 heteroatoms. The third-order valence-corrected chi connectivity index (χ3v) is 5.90. The molecule has 2 aromatic heterocycles. The van der Waals surface area contributed by atoms with Crippen LogP contribution in [-0.4, -0.2) is 52.1 Å². The first kappa shape index (κ1) is 22.5. The van der Waals surface area contributed by atoms with Crippen molar-refractivity contribution in [2.24, 2.45) is 0 Å². The minimum atomic E-state index is -0.314. The summed E-state index contributed by atoms with van der Waals surface area (Å²) >= 11 is 0. The van der Waals surface area contributed by atoms with Crippen molar-refractivity contribution in [1.82, 2.24) is 25.2 Å². The molecule has 3 heterocycles. The normalized spacial score (nSPS) is 13.8. The van der Waals surface area contributed by atoms with Crippen molar-refractivity contribution in [1.29, 1.82) is 0 Å². The van der Waals surface area contributed by atoms with Crippen molar-refractivity contribution in [2.75, 3.05) is 36.8 Å². The Morgan fingerprint density at radius 2 is 1.51 bits per heavy atom. The van der Waals surface area contributed by atoms with Crippen LogP contribution in [-0.2, 0) is 6.54 Å². The van der Waals surface area contributed by atoms with Crippen LogP contribution in [0.5, 0.6) is 0 Å². The van der Waals surface area contributed by atoms with E-state index in [0.29, 0.717) is 55.3 Å². The minimum absolute atomic E-state index is 0.142. The second-order valence-electron chi connectivity index (χ2n) is 8.24. The first-order valence-electron chi connectivity index (χ1n) is 11.2. The summed E-state index contributed by atoms with van der Waals surface area (Å²) in [5.41, 5.74) is 9.43. The summed E-state index contributed by atoms with van der Waals surface area (Å²) in [7, 11) is 0. The molecule has 0 atom stereocenters. The van der Waals surface area contributed by atoms with Crippen LogP contribution in [0.3, 0.4) is 0 Å². The number of fused-ring (bicyclic) bond motifs is 1. The van der Waals surface area contributed by atoms with E-state index in [2.05, 4.69) is 15.3 Å². The molecule has 0 unspecified atom stereocenters. The number of hydrogen-bond donors (Lipinski definition) is 2. The van der Waals surface area contributed by atoms with Crippen LogP contribution >= 0.6 is 0 Å². The third-order valence-electron chi connectivity index (χ3n) is 5.90. The molecule has 1 aliphatic heterocycles. The average molecular weight is 476 g/mol. The maximum atomic E-state index is 13.3. The maximum absolute atomic E-state index is 13.3. The summed E-state index contributed by atoms with van der Waals surface area (Å²) in [4.78, 5) is 29.9. The van der Waals surface area contributed by atoms with Gasteiger partial charge in [0.1, 0.15) is 17.2 Å². The summed E-state index contributed by atoms with van der Waals surface area (Å²) in [6, 6.07) is 15.6. The molecular weight excluding hydrogens is 452 g/mol. The Labute approximate surface area is 200 Å². The number of nitrogens with zero attached hydrogens (tertiary/aromatic N) is 5. The van der Waals surface area contributed by atoms with Gasteiger partial charge in [0.05, 0.1) is 11.2 Å². The number of hydrogen-bond acceptors (Lipinski definition) is 6. The largest absolute Gasteiger partial charge is 0.368 e. The zero-order valence-corrected chi connectivity index (χ0v) is 18.8. The molecule has 0 bridgehead atoms. The van der Waals surface area contributed by atoms with Gasteiger partial charge in [0, 0.05) is 38.3 Å². The molecule has 0 saturated carbocycles. The fourth-order valence-electron chi connectivity index (χ4n) is 4.03. The molecule has 2 amide bonds. The Balaban J connectivity index is 1.30. The van der Waals surface area contributed by atoms with Gasteiger partial charge in [-0.1, -0.05) is 12.1 Å². The number of nitrogens with two attached hydrogens (primary N) is 1. The summed E-state index contributed by atoms with van der Waals surface area (Å²) < 4.78 is 26.4.